The van der Waals surface area contributed by atoms with Gasteiger partial charge in [0, 0.05) is 19.0 Å². The van der Waals surface area contributed by atoms with Crippen LogP contribution in [0.15, 0.2) is 48.5 Å². The Morgan fingerprint density at radius 1 is 1.18 bits per heavy atom. The number of hydrogen-bond acceptors (Lipinski definition) is 5. The van der Waals surface area contributed by atoms with Crippen LogP contribution in [0, 0.1) is 0 Å². The van der Waals surface area contributed by atoms with Crippen LogP contribution in [-0.4, -0.2) is 41.5 Å². The number of esters is 1. The molecule has 1 aromatic heterocycles. The minimum absolute atomic E-state index is 0.189. The number of aromatic nitrogens is 1. The average molecular weight is 415 g/mol. The lowest BCUT2D eigenvalue weighted by molar-refractivity contribution is -0.135. The van der Waals surface area contributed by atoms with Crippen LogP contribution in [0.3, 0.4) is 0 Å². The van der Waals surface area contributed by atoms with Crippen molar-refractivity contribution >= 4 is 45.0 Å². The highest BCUT2D eigenvalue weighted by atomic mass is 35.5. The molecule has 2 heterocycles. The third-order valence-electron chi connectivity index (χ3n) is 4.85. The summed E-state index contributed by atoms with van der Waals surface area (Å²) in [7, 11) is 0. The number of carbonyl (C=O) groups is 2. The lowest BCUT2D eigenvalue weighted by Crippen LogP contribution is -2.41. The van der Waals surface area contributed by atoms with Gasteiger partial charge in [-0.25, -0.2) is 9.78 Å². The number of benzene rings is 2. The number of amides is 1. The summed E-state index contributed by atoms with van der Waals surface area (Å²) >= 11 is 7.69. The van der Waals surface area contributed by atoms with Crippen molar-refractivity contribution in [3.63, 3.8) is 0 Å². The van der Waals surface area contributed by atoms with Crippen molar-refractivity contribution in [1.82, 2.24) is 9.88 Å². The van der Waals surface area contributed by atoms with Crippen molar-refractivity contribution in [2.24, 2.45) is 0 Å². The molecule has 1 amide bonds. The zero-order valence-electron chi connectivity index (χ0n) is 15.1. The van der Waals surface area contributed by atoms with E-state index in [0.717, 1.165) is 28.1 Å². The maximum Gasteiger partial charge on any atom is 0.340 e. The smallest absolute Gasteiger partial charge is 0.340 e. The van der Waals surface area contributed by atoms with Crippen molar-refractivity contribution in [1.29, 1.82) is 0 Å². The van der Waals surface area contributed by atoms with Crippen molar-refractivity contribution in [2.45, 2.75) is 18.8 Å². The highest BCUT2D eigenvalue weighted by molar-refractivity contribution is 7.18. The lowest BCUT2D eigenvalue weighted by atomic mass is 9.99. The summed E-state index contributed by atoms with van der Waals surface area (Å²) in [6.45, 7) is 0.989. The summed E-state index contributed by atoms with van der Waals surface area (Å²) in [5.41, 5.74) is 1.27. The quantitative estimate of drug-likeness (QED) is 0.589. The first kappa shape index (κ1) is 18.9. The third-order valence-corrected chi connectivity index (χ3v) is 6.38. The number of thiazole rings is 1. The van der Waals surface area contributed by atoms with E-state index in [1.807, 2.05) is 18.2 Å². The number of fused-ring (bicyclic) bond motifs is 1. The Labute approximate surface area is 171 Å². The van der Waals surface area contributed by atoms with Gasteiger partial charge in [0.15, 0.2) is 6.61 Å². The fourth-order valence-corrected chi connectivity index (χ4v) is 4.70. The molecule has 144 valence electrons. The number of ether oxygens (including phenoxy) is 1. The highest BCUT2D eigenvalue weighted by Crippen LogP contribution is 2.33. The van der Waals surface area contributed by atoms with E-state index >= 15 is 0 Å². The molecule has 28 heavy (non-hydrogen) atoms. The van der Waals surface area contributed by atoms with Crippen LogP contribution in [0.4, 0.5) is 0 Å². The molecule has 4 rings (SSSR count). The average Bonchev–Trinajstić information content (AvgIpc) is 3.16. The molecular weight excluding hydrogens is 396 g/mol. The van der Waals surface area contributed by atoms with Crippen molar-refractivity contribution in [3.8, 4) is 0 Å². The number of nitrogens with zero attached hydrogens (tertiary/aromatic N) is 2. The number of para-hydroxylation sites is 1. The third kappa shape index (κ3) is 4.03. The standard InChI is InChI=1S/C21H19ClN2O3S/c22-16-8-2-1-7-15(16)21(26)27-13-19(25)24-11-5-6-14(12-24)20-23-17-9-3-4-10-18(17)28-20/h1-4,7-10,14H,5-6,11-13H2/t14-/m0/s1. The zero-order valence-corrected chi connectivity index (χ0v) is 16.7. The zero-order chi connectivity index (χ0) is 19.5. The molecule has 5 nitrogen and oxygen atoms in total. The topological polar surface area (TPSA) is 59.5 Å². The van der Waals surface area contributed by atoms with Crippen molar-refractivity contribution in [3.05, 3.63) is 64.1 Å². The predicted molar refractivity (Wildman–Crippen MR) is 110 cm³/mol. The van der Waals surface area contributed by atoms with Gasteiger partial charge in [-0.05, 0) is 37.1 Å². The Morgan fingerprint density at radius 2 is 1.96 bits per heavy atom. The molecule has 0 unspecified atom stereocenters. The number of carbonyl (C=O) groups excluding carboxylic acids is 2. The van der Waals surface area contributed by atoms with Gasteiger partial charge in [-0.2, -0.15) is 0 Å². The Hall–Kier alpha value is -2.44. The van der Waals surface area contributed by atoms with Gasteiger partial charge < -0.3 is 9.64 Å². The molecule has 1 aliphatic heterocycles. The first-order valence-corrected chi connectivity index (χ1v) is 10.4. The van der Waals surface area contributed by atoms with Crippen molar-refractivity contribution < 1.29 is 14.3 Å². The number of rotatable bonds is 4. The van der Waals surface area contributed by atoms with E-state index in [2.05, 4.69) is 6.07 Å². The minimum atomic E-state index is -0.585. The van der Waals surface area contributed by atoms with Gasteiger partial charge in [0.05, 0.1) is 25.8 Å². The van der Waals surface area contributed by atoms with Gasteiger partial charge in [-0.15, -0.1) is 11.3 Å². The monoisotopic (exact) mass is 414 g/mol. The van der Waals surface area contributed by atoms with E-state index in [1.54, 1.807) is 40.5 Å². The fraction of sp³-hybridized carbons (Fsp3) is 0.286. The van der Waals surface area contributed by atoms with Crippen LogP contribution in [0.5, 0.6) is 0 Å². The van der Waals surface area contributed by atoms with Gasteiger partial charge >= 0.3 is 5.97 Å². The molecular formula is C21H19ClN2O3S. The van der Waals surface area contributed by atoms with Gasteiger partial charge in [0.25, 0.3) is 5.91 Å². The van der Waals surface area contributed by atoms with Gasteiger partial charge in [-0.1, -0.05) is 35.9 Å². The second-order valence-electron chi connectivity index (χ2n) is 6.75. The first-order valence-electron chi connectivity index (χ1n) is 9.16. The number of likely N-dealkylation sites (tertiary alicyclic amines) is 1. The van der Waals surface area contributed by atoms with Gasteiger partial charge in [-0.3, -0.25) is 4.79 Å². The van der Waals surface area contributed by atoms with Crippen LogP contribution < -0.4 is 0 Å². The summed E-state index contributed by atoms with van der Waals surface area (Å²) in [4.78, 5) is 31.2. The Bertz CT molecular complexity index is 987. The molecule has 0 radical (unpaired) electrons. The molecule has 1 atom stereocenters. The summed E-state index contributed by atoms with van der Waals surface area (Å²) in [6, 6.07) is 14.7. The predicted octanol–water partition coefficient (Wildman–Crippen LogP) is 4.51. The molecule has 0 bridgehead atoms. The lowest BCUT2D eigenvalue weighted by Gasteiger charge is -2.31. The second kappa shape index (κ2) is 8.29. The molecule has 0 spiro atoms. The molecule has 1 aliphatic rings. The summed E-state index contributed by atoms with van der Waals surface area (Å²) in [5.74, 6) is -0.556. The van der Waals surface area contributed by atoms with E-state index in [0.29, 0.717) is 18.1 Å². The van der Waals surface area contributed by atoms with Crippen LogP contribution in [0.1, 0.15) is 34.1 Å². The summed E-state index contributed by atoms with van der Waals surface area (Å²) < 4.78 is 6.35. The SMILES string of the molecule is O=C(OCC(=O)N1CCC[C@H](c2nc3ccccc3s2)C1)c1ccccc1Cl. The van der Waals surface area contributed by atoms with Crippen LogP contribution >= 0.6 is 22.9 Å². The van der Waals surface area contributed by atoms with Crippen molar-refractivity contribution in [2.75, 3.05) is 19.7 Å². The molecule has 1 fully saturated rings. The van der Waals surface area contributed by atoms with E-state index < -0.39 is 5.97 Å². The molecule has 0 N–H and O–H groups in total. The fourth-order valence-electron chi connectivity index (χ4n) is 3.39. The van der Waals surface area contributed by atoms with E-state index in [4.69, 9.17) is 21.3 Å². The molecule has 3 aromatic rings. The van der Waals surface area contributed by atoms with Crippen LogP contribution in [0.25, 0.3) is 10.2 Å². The molecule has 2 aromatic carbocycles. The Morgan fingerprint density at radius 3 is 2.79 bits per heavy atom. The first-order chi connectivity index (χ1) is 13.6. The number of piperidine rings is 1. The van der Waals surface area contributed by atoms with Crippen LogP contribution in [-0.2, 0) is 9.53 Å². The Balaban J connectivity index is 1.38. The van der Waals surface area contributed by atoms with E-state index in [-0.39, 0.29) is 24.0 Å². The molecule has 1 saturated heterocycles. The highest BCUT2D eigenvalue weighted by Gasteiger charge is 2.27. The molecule has 7 heteroatoms. The van der Waals surface area contributed by atoms with Gasteiger partial charge in [0.2, 0.25) is 0 Å². The second-order valence-corrected chi connectivity index (χ2v) is 8.22. The molecule has 0 aliphatic carbocycles. The molecule has 0 saturated carbocycles. The largest absolute Gasteiger partial charge is 0.452 e. The maximum absolute atomic E-state index is 12.6. The summed E-state index contributed by atoms with van der Waals surface area (Å²) in [5, 5.41) is 1.38. The van der Waals surface area contributed by atoms with E-state index in [9.17, 15) is 9.59 Å². The van der Waals surface area contributed by atoms with E-state index in [1.165, 1.54) is 0 Å². The normalized spacial score (nSPS) is 16.9. The number of hydrogen-bond donors (Lipinski definition) is 0. The maximum atomic E-state index is 12.6. The minimum Gasteiger partial charge on any atom is -0.452 e. The Kier molecular flexibility index (Phi) is 5.59. The van der Waals surface area contributed by atoms with Crippen LogP contribution in [0.2, 0.25) is 5.02 Å². The number of halogens is 1. The van der Waals surface area contributed by atoms with Gasteiger partial charge in [0.1, 0.15) is 0 Å². The summed E-state index contributed by atoms with van der Waals surface area (Å²) in [6.07, 6.45) is 1.91.